The van der Waals surface area contributed by atoms with Crippen LogP contribution in [0.25, 0.3) is 0 Å². The number of urea groups is 1. The summed E-state index contributed by atoms with van der Waals surface area (Å²) in [6.45, 7) is 1.22. The van der Waals surface area contributed by atoms with E-state index in [0.717, 1.165) is 23.5 Å². The average molecular weight is 435 g/mol. The summed E-state index contributed by atoms with van der Waals surface area (Å²) in [5.74, 6) is -1.99. The number of nitrogens with one attached hydrogen (secondary N) is 2. The molecule has 0 spiro atoms. The zero-order chi connectivity index (χ0) is 21.7. The third kappa shape index (κ3) is 5.20. The predicted octanol–water partition coefficient (Wildman–Crippen LogP) is 4.79. The second-order valence-electron chi connectivity index (χ2n) is 5.68. The highest BCUT2D eigenvalue weighted by atomic mass is 32.1. The van der Waals surface area contributed by atoms with Crippen LogP contribution in [-0.4, -0.2) is 24.1 Å². The number of esters is 1. The van der Waals surface area contributed by atoms with Gasteiger partial charge in [0.2, 0.25) is 11.6 Å². The first kappa shape index (κ1) is 21.0. The number of amides is 2. The number of aromatic nitrogens is 1. The highest BCUT2D eigenvalue weighted by molar-refractivity contribution is 7.14. The number of carbonyl (C=O) groups is 2. The number of para-hydroxylation sites is 1. The molecule has 30 heavy (non-hydrogen) atoms. The van der Waals surface area contributed by atoms with E-state index >= 15 is 0 Å². The zero-order valence-electron chi connectivity index (χ0n) is 15.7. The fourth-order valence-electron chi connectivity index (χ4n) is 2.31. The van der Waals surface area contributed by atoms with Gasteiger partial charge in [-0.15, -0.1) is 11.3 Å². The number of anilines is 2. The van der Waals surface area contributed by atoms with Gasteiger partial charge in [-0.2, -0.15) is 4.98 Å². The fourth-order valence-corrected chi connectivity index (χ4v) is 2.92. The van der Waals surface area contributed by atoms with Gasteiger partial charge in [-0.05, 0) is 24.3 Å². The summed E-state index contributed by atoms with van der Waals surface area (Å²) in [7, 11) is 1.34. The summed E-state index contributed by atoms with van der Waals surface area (Å²) in [5, 5.41) is 6.39. The predicted molar refractivity (Wildman–Crippen MR) is 105 cm³/mol. The van der Waals surface area contributed by atoms with E-state index in [2.05, 4.69) is 15.6 Å². The van der Waals surface area contributed by atoms with Crippen molar-refractivity contribution >= 4 is 34.2 Å². The Hall–Kier alpha value is -3.73. The number of nitrogens with zero attached hydrogens (tertiary/aromatic N) is 1. The minimum Gasteiger partial charge on any atom is -0.493 e. The quantitative estimate of drug-likeness (QED) is 0.540. The molecule has 0 bridgehead atoms. The Morgan fingerprint density at radius 3 is 2.63 bits per heavy atom. The molecule has 0 atom stereocenters. The van der Waals surface area contributed by atoms with E-state index in [0.29, 0.717) is 0 Å². The van der Waals surface area contributed by atoms with Crippen molar-refractivity contribution in [1.82, 2.24) is 4.98 Å². The Kier molecular flexibility index (Phi) is 6.42. The molecule has 0 aliphatic heterocycles. The minimum absolute atomic E-state index is 0.0188. The van der Waals surface area contributed by atoms with Gasteiger partial charge in [-0.3, -0.25) is 10.1 Å². The van der Waals surface area contributed by atoms with Crippen molar-refractivity contribution in [3.8, 4) is 23.1 Å². The largest absolute Gasteiger partial charge is 0.493 e. The Morgan fingerprint density at radius 2 is 1.90 bits per heavy atom. The monoisotopic (exact) mass is 435 g/mol. The molecule has 1 heterocycles. The number of rotatable bonds is 6. The van der Waals surface area contributed by atoms with Crippen LogP contribution in [0.4, 0.5) is 24.4 Å². The van der Waals surface area contributed by atoms with Gasteiger partial charge in [0.1, 0.15) is 5.82 Å². The third-order valence-electron chi connectivity index (χ3n) is 3.50. The van der Waals surface area contributed by atoms with Gasteiger partial charge in [-0.25, -0.2) is 13.6 Å². The molecule has 3 rings (SSSR count). The van der Waals surface area contributed by atoms with Crippen molar-refractivity contribution in [1.29, 1.82) is 0 Å². The number of thiazole rings is 1. The molecule has 0 radical (unpaired) electrons. The average Bonchev–Trinajstić information content (AvgIpc) is 3.10. The summed E-state index contributed by atoms with van der Waals surface area (Å²) in [6.07, 6.45) is 0. The molecule has 2 amide bonds. The van der Waals surface area contributed by atoms with Crippen LogP contribution in [0.2, 0.25) is 0 Å². The fraction of sp³-hybridized carbons (Fsp3) is 0.105. The van der Waals surface area contributed by atoms with E-state index in [1.54, 1.807) is 0 Å². The number of ether oxygens (including phenoxy) is 3. The Bertz CT molecular complexity index is 1090. The van der Waals surface area contributed by atoms with Crippen LogP contribution in [0.3, 0.4) is 0 Å². The van der Waals surface area contributed by atoms with E-state index < -0.39 is 23.6 Å². The van der Waals surface area contributed by atoms with Crippen molar-refractivity contribution in [2.24, 2.45) is 0 Å². The highest BCUT2D eigenvalue weighted by Gasteiger charge is 2.17. The molecule has 11 heteroatoms. The molecule has 8 nitrogen and oxygen atoms in total. The summed E-state index contributed by atoms with van der Waals surface area (Å²) in [5.41, 5.74) is -0.0606. The SMILES string of the molecule is COc1cccc(F)c1Oc1ccc(F)cc1NC(=O)Nc1nc(OC(C)=O)cs1. The summed E-state index contributed by atoms with van der Waals surface area (Å²) in [6, 6.07) is 6.67. The smallest absolute Gasteiger partial charge is 0.325 e. The number of hydrogen-bond donors (Lipinski definition) is 2. The van der Waals surface area contributed by atoms with Crippen molar-refractivity contribution < 1.29 is 32.6 Å². The van der Waals surface area contributed by atoms with Crippen molar-refractivity contribution in [2.75, 3.05) is 17.7 Å². The van der Waals surface area contributed by atoms with Crippen LogP contribution < -0.4 is 24.8 Å². The van der Waals surface area contributed by atoms with Crippen molar-refractivity contribution in [3.05, 3.63) is 53.4 Å². The number of benzene rings is 2. The van der Waals surface area contributed by atoms with Gasteiger partial charge < -0.3 is 19.5 Å². The van der Waals surface area contributed by atoms with Crippen LogP contribution >= 0.6 is 11.3 Å². The molecule has 2 aromatic carbocycles. The van der Waals surface area contributed by atoms with E-state index in [1.807, 2.05) is 0 Å². The molecule has 0 unspecified atom stereocenters. The van der Waals surface area contributed by atoms with Crippen LogP contribution in [0.5, 0.6) is 23.1 Å². The minimum atomic E-state index is -0.769. The van der Waals surface area contributed by atoms with Gasteiger partial charge in [0.15, 0.2) is 22.4 Å². The van der Waals surface area contributed by atoms with E-state index in [1.165, 1.54) is 43.7 Å². The molecule has 156 valence electrons. The van der Waals surface area contributed by atoms with E-state index in [-0.39, 0.29) is 33.9 Å². The normalized spacial score (nSPS) is 10.3. The molecule has 0 aliphatic carbocycles. The maximum absolute atomic E-state index is 14.2. The second kappa shape index (κ2) is 9.18. The molecule has 3 aromatic rings. The molecule has 0 saturated carbocycles. The van der Waals surface area contributed by atoms with Gasteiger partial charge in [0, 0.05) is 13.0 Å². The third-order valence-corrected chi connectivity index (χ3v) is 4.24. The number of carbonyl (C=O) groups excluding carboxylic acids is 2. The summed E-state index contributed by atoms with van der Waals surface area (Å²) in [4.78, 5) is 27.1. The molecular weight excluding hydrogens is 420 g/mol. The van der Waals surface area contributed by atoms with Crippen LogP contribution in [0.15, 0.2) is 41.8 Å². The number of hydrogen-bond acceptors (Lipinski definition) is 7. The first-order chi connectivity index (χ1) is 14.4. The van der Waals surface area contributed by atoms with Gasteiger partial charge in [0.05, 0.1) is 18.2 Å². The van der Waals surface area contributed by atoms with Crippen molar-refractivity contribution in [3.63, 3.8) is 0 Å². The Balaban J connectivity index is 1.78. The summed E-state index contributed by atoms with van der Waals surface area (Å²) >= 11 is 1.02. The lowest BCUT2D eigenvalue weighted by Gasteiger charge is -2.15. The van der Waals surface area contributed by atoms with Gasteiger partial charge >= 0.3 is 12.0 Å². The highest BCUT2D eigenvalue weighted by Crippen LogP contribution is 2.37. The molecule has 0 aliphatic rings. The molecule has 1 aromatic heterocycles. The lowest BCUT2D eigenvalue weighted by Crippen LogP contribution is -2.19. The molecule has 0 fully saturated rings. The summed E-state index contributed by atoms with van der Waals surface area (Å²) < 4.78 is 43.3. The number of halogens is 2. The van der Waals surface area contributed by atoms with Crippen LogP contribution in [-0.2, 0) is 4.79 Å². The second-order valence-corrected chi connectivity index (χ2v) is 6.54. The first-order valence-electron chi connectivity index (χ1n) is 8.37. The molecule has 0 saturated heterocycles. The standard InChI is InChI=1S/C19H15F2N3O5S/c1-10(25)28-16-9-30-19(23-16)24-18(26)22-13-8-11(20)6-7-14(13)29-17-12(21)4-3-5-15(17)27-2/h3-9H,1-2H3,(H2,22,23,24,26). The van der Waals surface area contributed by atoms with Crippen molar-refractivity contribution in [2.45, 2.75) is 6.92 Å². The zero-order valence-corrected chi connectivity index (χ0v) is 16.5. The van der Waals surface area contributed by atoms with E-state index in [9.17, 15) is 18.4 Å². The molecular formula is C19H15F2N3O5S. The van der Waals surface area contributed by atoms with Crippen LogP contribution in [0, 0.1) is 11.6 Å². The van der Waals surface area contributed by atoms with Crippen LogP contribution in [0.1, 0.15) is 6.92 Å². The maximum atomic E-state index is 14.2. The maximum Gasteiger partial charge on any atom is 0.325 e. The van der Waals surface area contributed by atoms with Gasteiger partial charge in [-0.1, -0.05) is 6.07 Å². The lowest BCUT2D eigenvalue weighted by molar-refractivity contribution is -0.132. The molecule has 2 N–H and O–H groups in total. The number of methoxy groups -OCH3 is 1. The Labute approximate surface area is 173 Å². The Morgan fingerprint density at radius 1 is 1.10 bits per heavy atom. The van der Waals surface area contributed by atoms with Gasteiger partial charge in [0.25, 0.3) is 0 Å². The first-order valence-corrected chi connectivity index (χ1v) is 9.25. The lowest BCUT2D eigenvalue weighted by atomic mass is 10.2. The topological polar surface area (TPSA) is 98.8 Å². The van der Waals surface area contributed by atoms with E-state index in [4.69, 9.17) is 14.2 Å².